The van der Waals surface area contributed by atoms with Gasteiger partial charge in [-0.2, -0.15) is 0 Å². The predicted molar refractivity (Wildman–Crippen MR) is 131 cm³/mol. The van der Waals surface area contributed by atoms with Gasteiger partial charge in [0, 0.05) is 25.0 Å². The maximum Gasteiger partial charge on any atom is 0.239 e. The molecule has 0 unspecified atom stereocenters. The Balaban J connectivity index is 0.00000450. The zero-order valence-electron chi connectivity index (χ0n) is 17.1. The number of carbonyl (C=O) groups is 1. The van der Waals surface area contributed by atoms with Gasteiger partial charge in [-0.15, -0.1) is 35.7 Å². The molecule has 0 atom stereocenters. The van der Waals surface area contributed by atoms with Gasteiger partial charge in [0.1, 0.15) is 11.6 Å². The molecule has 30 heavy (non-hydrogen) atoms. The molecule has 0 fully saturated rings. The van der Waals surface area contributed by atoms with Crippen molar-refractivity contribution in [3.05, 3.63) is 59.9 Å². The van der Waals surface area contributed by atoms with Crippen LogP contribution in [0.15, 0.2) is 58.4 Å². The van der Waals surface area contributed by atoms with Gasteiger partial charge in [0.2, 0.25) is 5.91 Å². The Morgan fingerprint density at radius 2 is 1.77 bits per heavy atom. The molecule has 6 nitrogen and oxygen atoms in total. The molecule has 9 heteroatoms. The number of hydrogen-bond acceptors (Lipinski definition) is 4. The zero-order valence-corrected chi connectivity index (χ0v) is 20.3. The van der Waals surface area contributed by atoms with Crippen LogP contribution in [0.5, 0.6) is 5.75 Å². The van der Waals surface area contributed by atoms with Crippen LogP contribution in [0.4, 0.5) is 4.39 Å². The van der Waals surface area contributed by atoms with Gasteiger partial charge in [0.25, 0.3) is 0 Å². The minimum absolute atomic E-state index is 0. The van der Waals surface area contributed by atoms with E-state index in [0.717, 1.165) is 34.9 Å². The quantitative estimate of drug-likeness (QED) is 0.140. The summed E-state index contributed by atoms with van der Waals surface area (Å²) in [4.78, 5) is 17.2. The highest BCUT2D eigenvalue weighted by Crippen LogP contribution is 2.18. The zero-order chi connectivity index (χ0) is 20.9. The number of hydrogen-bond donors (Lipinski definition) is 3. The van der Waals surface area contributed by atoms with Crippen molar-refractivity contribution in [2.45, 2.75) is 17.9 Å². The summed E-state index contributed by atoms with van der Waals surface area (Å²) in [6, 6.07) is 14.0. The Morgan fingerprint density at radius 1 is 1.07 bits per heavy atom. The maximum absolute atomic E-state index is 12.9. The summed E-state index contributed by atoms with van der Waals surface area (Å²) in [5.41, 5.74) is 1.00. The molecule has 1 amide bonds. The Hall–Kier alpha value is -2.01. The Bertz CT molecular complexity index is 789. The van der Waals surface area contributed by atoms with E-state index >= 15 is 0 Å². The van der Waals surface area contributed by atoms with Crippen LogP contribution in [0.25, 0.3) is 0 Å². The van der Waals surface area contributed by atoms with Crippen molar-refractivity contribution in [2.75, 3.05) is 33.0 Å². The fourth-order valence-corrected chi connectivity index (χ4v) is 3.24. The van der Waals surface area contributed by atoms with Crippen molar-refractivity contribution < 1.29 is 13.9 Å². The lowest BCUT2D eigenvalue weighted by molar-refractivity contribution is -0.120. The number of ether oxygens (including phenoxy) is 1. The summed E-state index contributed by atoms with van der Waals surface area (Å²) in [7, 11) is 3.28. The molecular formula is C21H28FIN4O2S. The molecule has 2 aromatic rings. The highest BCUT2D eigenvalue weighted by molar-refractivity contribution is 14.0. The average Bonchev–Trinajstić information content (AvgIpc) is 2.75. The van der Waals surface area contributed by atoms with E-state index in [1.165, 1.54) is 12.1 Å². The molecule has 0 bridgehead atoms. The van der Waals surface area contributed by atoms with Crippen LogP contribution in [0, 0.1) is 5.82 Å². The molecule has 0 aliphatic carbocycles. The van der Waals surface area contributed by atoms with Crippen LogP contribution in [-0.2, 0) is 11.3 Å². The molecule has 0 spiro atoms. The van der Waals surface area contributed by atoms with Crippen molar-refractivity contribution in [1.82, 2.24) is 16.0 Å². The molecule has 164 valence electrons. The van der Waals surface area contributed by atoms with Gasteiger partial charge in [-0.25, -0.2) is 4.39 Å². The van der Waals surface area contributed by atoms with E-state index in [2.05, 4.69) is 20.9 Å². The smallest absolute Gasteiger partial charge is 0.239 e. The minimum atomic E-state index is -0.223. The fourth-order valence-electron chi connectivity index (χ4n) is 2.39. The van der Waals surface area contributed by atoms with Crippen LogP contribution < -0.4 is 20.7 Å². The van der Waals surface area contributed by atoms with Gasteiger partial charge in [0.15, 0.2) is 5.96 Å². The first-order valence-electron chi connectivity index (χ1n) is 9.33. The molecular weight excluding hydrogens is 518 g/mol. The standard InChI is InChI=1S/C21H27FN4O2S.HI/c1-23-21(24-12-3-13-29-19-10-6-17(22)7-11-19)26-15-20(27)25-14-16-4-8-18(28-2)9-5-16;/h4-11H,3,12-15H2,1-2H3,(H,25,27)(H2,23,24,26);1H. The lowest BCUT2D eigenvalue weighted by Crippen LogP contribution is -2.43. The molecule has 0 saturated heterocycles. The van der Waals surface area contributed by atoms with Crippen molar-refractivity contribution in [2.24, 2.45) is 4.99 Å². The van der Waals surface area contributed by atoms with Crippen LogP contribution in [0.3, 0.4) is 0 Å². The molecule has 0 heterocycles. The van der Waals surface area contributed by atoms with Crippen LogP contribution in [0.2, 0.25) is 0 Å². The first-order chi connectivity index (χ1) is 14.1. The summed E-state index contributed by atoms with van der Waals surface area (Å²) in [5.74, 6) is 1.93. The average molecular weight is 546 g/mol. The molecule has 0 aliphatic rings. The van der Waals surface area contributed by atoms with E-state index in [9.17, 15) is 9.18 Å². The second kappa shape index (κ2) is 14.9. The van der Waals surface area contributed by atoms with Gasteiger partial charge in [-0.1, -0.05) is 12.1 Å². The molecule has 2 rings (SSSR count). The van der Waals surface area contributed by atoms with E-state index in [4.69, 9.17) is 4.74 Å². The number of benzene rings is 2. The van der Waals surface area contributed by atoms with Crippen LogP contribution in [0.1, 0.15) is 12.0 Å². The summed E-state index contributed by atoms with van der Waals surface area (Å²) >= 11 is 1.67. The highest BCUT2D eigenvalue weighted by Gasteiger charge is 2.04. The predicted octanol–water partition coefficient (Wildman–Crippen LogP) is 3.42. The topological polar surface area (TPSA) is 74.8 Å². The third-order valence-electron chi connectivity index (χ3n) is 3.98. The lowest BCUT2D eigenvalue weighted by atomic mass is 10.2. The Kier molecular flexibility index (Phi) is 12.9. The highest BCUT2D eigenvalue weighted by atomic mass is 127. The monoisotopic (exact) mass is 546 g/mol. The Morgan fingerprint density at radius 3 is 2.40 bits per heavy atom. The van der Waals surface area contributed by atoms with Gasteiger partial charge in [0.05, 0.1) is 13.7 Å². The SMILES string of the molecule is CN=C(NCCCSc1ccc(F)cc1)NCC(=O)NCc1ccc(OC)cc1.I. The number of nitrogens with one attached hydrogen (secondary N) is 3. The first-order valence-corrected chi connectivity index (χ1v) is 10.3. The summed E-state index contributed by atoms with van der Waals surface area (Å²) < 4.78 is 18.0. The molecule has 3 N–H and O–H groups in total. The number of guanidine groups is 1. The van der Waals surface area contributed by atoms with E-state index in [1.807, 2.05) is 24.3 Å². The van der Waals surface area contributed by atoms with Gasteiger partial charge < -0.3 is 20.7 Å². The largest absolute Gasteiger partial charge is 0.497 e. The number of nitrogens with zero attached hydrogens (tertiary/aromatic N) is 1. The number of thioether (sulfide) groups is 1. The van der Waals surface area contributed by atoms with Gasteiger partial charge in [-0.3, -0.25) is 9.79 Å². The third-order valence-corrected chi connectivity index (χ3v) is 5.08. The van der Waals surface area contributed by atoms with Crippen molar-refractivity contribution >= 4 is 47.6 Å². The molecule has 0 radical (unpaired) electrons. The van der Waals surface area contributed by atoms with Crippen molar-refractivity contribution in [3.63, 3.8) is 0 Å². The van der Waals surface area contributed by atoms with E-state index in [-0.39, 0.29) is 42.2 Å². The maximum atomic E-state index is 12.9. The van der Waals surface area contributed by atoms with E-state index in [0.29, 0.717) is 12.5 Å². The number of amides is 1. The minimum Gasteiger partial charge on any atom is -0.497 e. The molecule has 2 aromatic carbocycles. The third kappa shape index (κ3) is 10.1. The normalized spacial score (nSPS) is 10.7. The number of aliphatic imine (C=N–C) groups is 1. The summed E-state index contributed by atoms with van der Waals surface area (Å²) in [5, 5.41) is 9.03. The van der Waals surface area contributed by atoms with Gasteiger partial charge in [-0.05, 0) is 54.1 Å². The first kappa shape index (κ1) is 26.0. The number of halogens is 2. The summed E-state index contributed by atoms with van der Waals surface area (Å²) in [6.45, 7) is 1.32. The fraction of sp³-hybridized carbons (Fsp3) is 0.333. The second-order valence-electron chi connectivity index (χ2n) is 6.13. The van der Waals surface area contributed by atoms with Crippen molar-refractivity contribution in [1.29, 1.82) is 0 Å². The van der Waals surface area contributed by atoms with Crippen molar-refractivity contribution in [3.8, 4) is 5.75 Å². The molecule has 0 aliphatic heterocycles. The van der Waals surface area contributed by atoms with Crippen LogP contribution in [-0.4, -0.2) is 44.9 Å². The number of rotatable bonds is 10. The van der Waals surface area contributed by atoms with Crippen LogP contribution >= 0.6 is 35.7 Å². The van der Waals surface area contributed by atoms with E-state index in [1.54, 1.807) is 38.1 Å². The Labute approximate surface area is 198 Å². The summed E-state index contributed by atoms with van der Waals surface area (Å²) in [6.07, 6.45) is 0.909. The number of methoxy groups -OCH3 is 1. The van der Waals surface area contributed by atoms with E-state index < -0.39 is 0 Å². The van der Waals surface area contributed by atoms with Gasteiger partial charge >= 0.3 is 0 Å². The lowest BCUT2D eigenvalue weighted by Gasteiger charge is -2.12. The second-order valence-corrected chi connectivity index (χ2v) is 7.30. The molecule has 0 aromatic heterocycles. The number of carbonyl (C=O) groups excluding carboxylic acids is 1. The molecule has 0 saturated carbocycles.